The Balaban J connectivity index is 1.37. The zero-order chi connectivity index (χ0) is 16.8. The minimum atomic E-state index is 0.0786. The van der Waals surface area contributed by atoms with Gasteiger partial charge < -0.3 is 10.2 Å². The molecule has 1 aromatic carbocycles. The zero-order valence-electron chi connectivity index (χ0n) is 14.2. The number of hydrogen-bond donors (Lipinski definition) is 1. The summed E-state index contributed by atoms with van der Waals surface area (Å²) in [5.41, 5.74) is 0.717. The smallest absolute Gasteiger partial charge is 0.224 e. The number of nitrogens with zero attached hydrogens (tertiary/aromatic N) is 1. The Hall–Kier alpha value is -0.710. The molecule has 0 radical (unpaired) electrons. The number of carbonyl (C=O) groups is 1. The van der Waals surface area contributed by atoms with Crippen LogP contribution in [0.5, 0.6) is 0 Å². The summed E-state index contributed by atoms with van der Waals surface area (Å²) >= 11 is 8.18. The van der Waals surface area contributed by atoms with Gasteiger partial charge in [-0.15, -0.1) is 0 Å². The molecule has 0 bridgehead atoms. The number of para-hydroxylation sites is 1. The summed E-state index contributed by atoms with van der Waals surface area (Å²) in [6.07, 6.45) is 6.78. The van der Waals surface area contributed by atoms with Crippen LogP contribution < -0.4 is 5.32 Å². The third kappa shape index (κ3) is 5.14. The Bertz CT molecular complexity index is 540. The first-order valence-electron chi connectivity index (χ1n) is 9.08. The van der Waals surface area contributed by atoms with Crippen LogP contribution >= 0.6 is 23.4 Å². The first-order chi connectivity index (χ1) is 11.7. The zero-order valence-corrected chi connectivity index (χ0v) is 15.7. The van der Waals surface area contributed by atoms with E-state index in [4.69, 9.17) is 11.6 Å². The van der Waals surface area contributed by atoms with Crippen molar-refractivity contribution in [3.05, 3.63) is 29.3 Å². The highest BCUT2D eigenvalue weighted by atomic mass is 35.5. The van der Waals surface area contributed by atoms with Crippen LogP contribution in [-0.2, 0) is 4.79 Å². The molecule has 1 amide bonds. The van der Waals surface area contributed by atoms with E-state index in [1.807, 2.05) is 18.2 Å². The largest absolute Gasteiger partial charge is 0.325 e. The number of halogens is 1. The van der Waals surface area contributed by atoms with Crippen LogP contribution in [0.3, 0.4) is 0 Å². The third-order valence-electron chi connectivity index (χ3n) is 5.28. The number of piperidine rings is 1. The Morgan fingerprint density at radius 3 is 2.58 bits per heavy atom. The van der Waals surface area contributed by atoms with E-state index in [2.05, 4.69) is 22.0 Å². The van der Waals surface area contributed by atoms with Crippen LogP contribution in [0.15, 0.2) is 24.3 Å². The van der Waals surface area contributed by atoms with Gasteiger partial charge in [-0.2, -0.15) is 11.8 Å². The highest BCUT2D eigenvalue weighted by Gasteiger charge is 2.26. The van der Waals surface area contributed by atoms with Crippen molar-refractivity contribution in [3.63, 3.8) is 0 Å². The number of amides is 1. The maximum atomic E-state index is 12.1. The van der Waals surface area contributed by atoms with Gasteiger partial charge in [-0.3, -0.25) is 4.79 Å². The molecule has 132 valence electrons. The van der Waals surface area contributed by atoms with Crippen molar-refractivity contribution >= 4 is 35.0 Å². The number of benzene rings is 1. The molecule has 0 aliphatic carbocycles. The van der Waals surface area contributed by atoms with Crippen LogP contribution in [0.2, 0.25) is 5.02 Å². The lowest BCUT2D eigenvalue weighted by atomic mass is 9.90. The normalized spacial score (nSPS) is 20.9. The van der Waals surface area contributed by atoms with Crippen LogP contribution in [0.1, 0.15) is 38.5 Å². The van der Waals surface area contributed by atoms with E-state index in [0.717, 1.165) is 12.5 Å². The fraction of sp³-hybridized carbons (Fsp3) is 0.632. The molecular formula is C19H27ClN2OS. The van der Waals surface area contributed by atoms with E-state index >= 15 is 0 Å². The topological polar surface area (TPSA) is 32.3 Å². The Morgan fingerprint density at radius 2 is 1.88 bits per heavy atom. The summed E-state index contributed by atoms with van der Waals surface area (Å²) in [6.45, 7) is 2.43. The van der Waals surface area contributed by atoms with E-state index in [-0.39, 0.29) is 5.91 Å². The second-order valence-electron chi connectivity index (χ2n) is 6.89. The van der Waals surface area contributed by atoms with Crippen molar-refractivity contribution in [1.82, 2.24) is 4.90 Å². The fourth-order valence-electron chi connectivity index (χ4n) is 3.77. The fourth-order valence-corrected chi connectivity index (χ4v) is 5.03. The molecule has 2 aliphatic rings. The average molecular weight is 367 g/mol. The number of carbonyl (C=O) groups excluding carboxylic acids is 1. The second kappa shape index (κ2) is 9.12. The lowest BCUT2D eigenvalue weighted by Crippen LogP contribution is -2.43. The highest BCUT2D eigenvalue weighted by molar-refractivity contribution is 7.99. The molecular weight excluding hydrogens is 340 g/mol. The van der Waals surface area contributed by atoms with E-state index in [9.17, 15) is 4.79 Å². The first kappa shape index (κ1) is 18.1. The van der Waals surface area contributed by atoms with Gasteiger partial charge in [-0.05, 0) is 74.7 Å². The van der Waals surface area contributed by atoms with Gasteiger partial charge in [0.25, 0.3) is 0 Å². The molecule has 24 heavy (non-hydrogen) atoms. The van der Waals surface area contributed by atoms with Crippen molar-refractivity contribution in [3.8, 4) is 0 Å². The minimum absolute atomic E-state index is 0.0786. The molecule has 3 nitrogen and oxygen atoms in total. The van der Waals surface area contributed by atoms with Crippen molar-refractivity contribution in [2.45, 2.75) is 44.6 Å². The molecule has 0 atom stereocenters. The molecule has 1 N–H and O–H groups in total. The molecule has 0 aromatic heterocycles. The Kier molecular flexibility index (Phi) is 6.87. The number of hydrogen-bond acceptors (Lipinski definition) is 3. The van der Waals surface area contributed by atoms with Gasteiger partial charge in [0, 0.05) is 12.5 Å². The predicted molar refractivity (Wildman–Crippen MR) is 104 cm³/mol. The standard InChI is InChI=1S/C19H27ClN2OS/c20-17-3-1-2-4-18(17)21-19(23)6-5-15-7-11-22(12-8-15)16-9-13-24-14-10-16/h1-4,15-16H,5-14H2,(H,21,23). The number of nitrogens with one attached hydrogen (secondary N) is 1. The summed E-state index contributed by atoms with van der Waals surface area (Å²) < 4.78 is 0. The summed E-state index contributed by atoms with van der Waals surface area (Å²) in [5.74, 6) is 3.42. The Labute approximate surface area is 154 Å². The summed E-state index contributed by atoms with van der Waals surface area (Å²) in [7, 11) is 0. The van der Waals surface area contributed by atoms with Crippen LogP contribution in [0.25, 0.3) is 0 Å². The van der Waals surface area contributed by atoms with Gasteiger partial charge in [-0.25, -0.2) is 0 Å². The molecule has 0 spiro atoms. The van der Waals surface area contributed by atoms with Gasteiger partial charge in [0.2, 0.25) is 5.91 Å². The summed E-state index contributed by atoms with van der Waals surface area (Å²) in [5, 5.41) is 3.53. The van der Waals surface area contributed by atoms with Crippen molar-refractivity contribution < 1.29 is 4.79 Å². The lowest BCUT2D eigenvalue weighted by Gasteiger charge is -2.39. The van der Waals surface area contributed by atoms with Gasteiger partial charge in [0.1, 0.15) is 0 Å². The molecule has 2 fully saturated rings. The van der Waals surface area contributed by atoms with Crippen molar-refractivity contribution in [2.24, 2.45) is 5.92 Å². The summed E-state index contributed by atoms with van der Waals surface area (Å²) in [6, 6.07) is 8.23. The highest BCUT2D eigenvalue weighted by Crippen LogP contribution is 2.28. The molecule has 0 unspecified atom stereocenters. The van der Waals surface area contributed by atoms with Gasteiger partial charge in [0.05, 0.1) is 10.7 Å². The third-order valence-corrected chi connectivity index (χ3v) is 6.66. The Morgan fingerprint density at radius 1 is 1.17 bits per heavy atom. The number of rotatable bonds is 5. The molecule has 3 rings (SSSR count). The molecule has 2 saturated heterocycles. The molecule has 0 saturated carbocycles. The van der Waals surface area contributed by atoms with Crippen LogP contribution in [-0.4, -0.2) is 41.4 Å². The SMILES string of the molecule is O=C(CCC1CCN(C2CCSCC2)CC1)Nc1ccccc1Cl. The van der Waals surface area contributed by atoms with Crippen molar-refractivity contribution in [2.75, 3.05) is 29.9 Å². The monoisotopic (exact) mass is 366 g/mol. The molecule has 2 aliphatic heterocycles. The van der Waals surface area contributed by atoms with E-state index in [1.54, 1.807) is 6.07 Å². The second-order valence-corrected chi connectivity index (χ2v) is 8.52. The van der Waals surface area contributed by atoms with Crippen LogP contribution in [0, 0.1) is 5.92 Å². The predicted octanol–water partition coefficient (Wildman–Crippen LogP) is 4.67. The van der Waals surface area contributed by atoms with Gasteiger partial charge in [-0.1, -0.05) is 23.7 Å². The molecule has 5 heteroatoms. The molecule has 1 aromatic rings. The number of thioether (sulfide) groups is 1. The maximum Gasteiger partial charge on any atom is 0.224 e. The minimum Gasteiger partial charge on any atom is -0.325 e. The first-order valence-corrected chi connectivity index (χ1v) is 10.6. The van der Waals surface area contributed by atoms with E-state index < -0.39 is 0 Å². The average Bonchev–Trinajstić information content (AvgIpc) is 2.63. The molecule has 2 heterocycles. The quantitative estimate of drug-likeness (QED) is 0.822. The van der Waals surface area contributed by atoms with Crippen molar-refractivity contribution in [1.29, 1.82) is 0 Å². The lowest BCUT2D eigenvalue weighted by molar-refractivity contribution is -0.116. The number of likely N-dealkylation sites (tertiary alicyclic amines) is 1. The van der Waals surface area contributed by atoms with Gasteiger partial charge in [0.15, 0.2) is 0 Å². The maximum absolute atomic E-state index is 12.1. The number of anilines is 1. The van der Waals surface area contributed by atoms with Crippen LogP contribution in [0.4, 0.5) is 5.69 Å². The van der Waals surface area contributed by atoms with Gasteiger partial charge >= 0.3 is 0 Å². The van der Waals surface area contributed by atoms with E-state index in [1.165, 1.54) is 50.3 Å². The van der Waals surface area contributed by atoms with E-state index in [0.29, 0.717) is 23.0 Å². The summed E-state index contributed by atoms with van der Waals surface area (Å²) in [4.78, 5) is 14.8.